The maximum atomic E-state index is 12.5. The summed E-state index contributed by atoms with van der Waals surface area (Å²) >= 11 is 0. The minimum absolute atomic E-state index is 0.123. The maximum Gasteiger partial charge on any atom is 0.276 e. The first-order valence-corrected chi connectivity index (χ1v) is 8.90. The first kappa shape index (κ1) is 18.1. The van der Waals surface area contributed by atoms with E-state index in [1.54, 1.807) is 24.3 Å². The fourth-order valence-electron chi connectivity index (χ4n) is 2.78. The molecule has 2 heterocycles. The number of hydrogen-bond donors (Lipinski definition) is 4. The number of benzene rings is 1. The number of carbonyl (C=O) groups is 2. The molecule has 1 aromatic heterocycles. The first-order chi connectivity index (χ1) is 12.4. The highest BCUT2D eigenvalue weighted by Gasteiger charge is 2.22. The van der Waals surface area contributed by atoms with Crippen molar-refractivity contribution in [1.29, 1.82) is 0 Å². The Balaban J connectivity index is 1.67. The van der Waals surface area contributed by atoms with Gasteiger partial charge in [-0.25, -0.2) is 0 Å². The van der Waals surface area contributed by atoms with Crippen LogP contribution in [0.4, 0.5) is 5.69 Å². The number of hydrogen-bond acceptors (Lipinski definition) is 4. The molecule has 0 saturated carbocycles. The van der Waals surface area contributed by atoms with E-state index >= 15 is 0 Å². The van der Waals surface area contributed by atoms with Crippen molar-refractivity contribution in [3.05, 3.63) is 46.8 Å². The van der Waals surface area contributed by atoms with Crippen molar-refractivity contribution in [2.24, 2.45) is 0 Å². The van der Waals surface area contributed by atoms with Gasteiger partial charge in [-0.1, -0.05) is 6.92 Å². The smallest absolute Gasteiger partial charge is 0.276 e. The summed E-state index contributed by atoms with van der Waals surface area (Å²) in [5, 5.41) is 16.2. The highest BCUT2D eigenvalue weighted by Crippen LogP contribution is 2.18. The Bertz CT molecular complexity index is 808. The molecule has 138 valence electrons. The predicted octanol–water partition coefficient (Wildman–Crippen LogP) is 2.23. The highest BCUT2D eigenvalue weighted by atomic mass is 16.2. The molecule has 2 amide bonds. The van der Waals surface area contributed by atoms with Crippen LogP contribution in [0.2, 0.25) is 0 Å². The van der Waals surface area contributed by atoms with Gasteiger partial charge >= 0.3 is 0 Å². The highest BCUT2D eigenvalue weighted by molar-refractivity contribution is 6.04. The maximum absolute atomic E-state index is 12.5. The number of anilines is 1. The second kappa shape index (κ2) is 7.29. The Kier molecular flexibility index (Phi) is 5.08. The number of nitrogens with zero attached hydrogens (tertiary/aromatic N) is 1. The van der Waals surface area contributed by atoms with Crippen molar-refractivity contribution >= 4 is 17.5 Å². The second-order valence-corrected chi connectivity index (χ2v) is 7.18. The Morgan fingerprint density at radius 1 is 1.19 bits per heavy atom. The molecule has 26 heavy (non-hydrogen) atoms. The van der Waals surface area contributed by atoms with Crippen molar-refractivity contribution in [1.82, 2.24) is 20.8 Å². The van der Waals surface area contributed by atoms with Crippen LogP contribution < -0.4 is 16.0 Å². The molecule has 1 aliphatic rings. The third kappa shape index (κ3) is 3.94. The molecular formula is C19H25N5O2. The van der Waals surface area contributed by atoms with Gasteiger partial charge in [0.05, 0.1) is 0 Å². The van der Waals surface area contributed by atoms with Crippen LogP contribution in [0.3, 0.4) is 0 Å². The molecule has 0 radical (unpaired) electrons. The standard InChI is InChI=1S/C19H25N5O2/c1-4-19(2,3)22-17(25)12-5-7-13(8-6-12)21-18(26)16-14-11-20-10-9-15(14)23-24-16/h5-8,20H,4,9-11H2,1-3H3,(H,21,26)(H,22,25)(H,23,24). The van der Waals surface area contributed by atoms with Crippen molar-refractivity contribution < 1.29 is 9.59 Å². The SMILES string of the molecule is CCC(C)(C)NC(=O)c1ccc(NC(=O)c2n[nH]c3c2CNCC3)cc1. The molecule has 0 bridgehead atoms. The van der Waals surface area contributed by atoms with Crippen LogP contribution >= 0.6 is 0 Å². The van der Waals surface area contributed by atoms with E-state index in [0.717, 1.165) is 30.6 Å². The van der Waals surface area contributed by atoms with Crippen LogP contribution in [-0.2, 0) is 13.0 Å². The fraction of sp³-hybridized carbons (Fsp3) is 0.421. The summed E-state index contributed by atoms with van der Waals surface area (Å²) in [5.74, 6) is -0.377. The van der Waals surface area contributed by atoms with Gasteiger partial charge in [0, 0.05) is 47.6 Å². The number of nitrogens with one attached hydrogen (secondary N) is 4. The molecule has 0 saturated heterocycles. The van der Waals surface area contributed by atoms with E-state index < -0.39 is 0 Å². The van der Waals surface area contributed by atoms with E-state index in [4.69, 9.17) is 0 Å². The third-order valence-electron chi connectivity index (χ3n) is 4.76. The molecule has 4 N–H and O–H groups in total. The van der Waals surface area contributed by atoms with Crippen LogP contribution in [0.5, 0.6) is 0 Å². The number of aromatic nitrogens is 2. The van der Waals surface area contributed by atoms with Crippen LogP contribution in [0, 0.1) is 0 Å². The number of amides is 2. The third-order valence-corrected chi connectivity index (χ3v) is 4.76. The molecule has 0 fully saturated rings. The van der Waals surface area contributed by atoms with E-state index in [9.17, 15) is 9.59 Å². The van der Waals surface area contributed by atoms with Crippen LogP contribution in [0.25, 0.3) is 0 Å². The zero-order chi connectivity index (χ0) is 18.7. The van der Waals surface area contributed by atoms with E-state index in [1.165, 1.54) is 0 Å². The first-order valence-electron chi connectivity index (χ1n) is 8.90. The number of aromatic amines is 1. The lowest BCUT2D eigenvalue weighted by molar-refractivity contribution is 0.0911. The lowest BCUT2D eigenvalue weighted by Gasteiger charge is -2.24. The molecule has 2 aromatic rings. The van der Waals surface area contributed by atoms with Gasteiger partial charge in [-0.2, -0.15) is 5.10 Å². The van der Waals surface area contributed by atoms with Gasteiger partial charge in [0.15, 0.2) is 5.69 Å². The summed E-state index contributed by atoms with van der Waals surface area (Å²) in [5.41, 5.74) is 3.29. The van der Waals surface area contributed by atoms with Gasteiger partial charge in [-0.3, -0.25) is 14.7 Å². The average molecular weight is 355 g/mol. The van der Waals surface area contributed by atoms with Crippen molar-refractivity contribution in [3.8, 4) is 0 Å². The van der Waals surface area contributed by atoms with Crippen molar-refractivity contribution in [2.75, 3.05) is 11.9 Å². The molecule has 0 aliphatic carbocycles. The lowest BCUT2D eigenvalue weighted by atomic mass is 10.0. The number of H-pyrrole nitrogens is 1. The van der Waals surface area contributed by atoms with Gasteiger partial charge in [0.2, 0.25) is 0 Å². The van der Waals surface area contributed by atoms with E-state index in [0.29, 0.717) is 23.5 Å². The Morgan fingerprint density at radius 2 is 1.92 bits per heavy atom. The molecule has 7 heteroatoms. The van der Waals surface area contributed by atoms with E-state index in [1.807, 2.05) is 20.8 Å². The van der Waals surface area contributed by atoms with Gasteiger partial charge in [-0.05, 0) is 44.5 Å². The van der Waals surface area contributed by atoms with Gasteiger partial charge in [-0.15, -0.1) is 0 Å². The quantitative estimate of drug-likeness (QED) is 0.661. The zero-order valence-corrected chi connectivity index (χ0v) is 15.4. The largest absolute Gasteiger partial charge is 0.347 e. The second-order valence-electron chi connectivity index (χ2n) is 7.18. The number of rotatable bonds is 5. The van der Waals surface area contributed by atoms with Gasteiger partial charge in [0.1, 0.15) is 0 Å². The summed E-state index contributed by atoms with van der Waals surface area (Å²) < 4.78 is 0. The Labute approximate surface area is 153 Å². The minimum atomic E-state index is -0.254. The van der Waals surface area contributed by atoms with Gasteiger partial charge < -0.3 is 16.0 Å². The molecule has 0 atom stereocenters. The summed E-state index contributed by atoms with van der Waals surface area (Å²) in [6.07, 6.45) is 1.68. The Hall–Kier alpha value is -2.67. The molecule has 7 nitrogen and oxygen atoms in total. The van der Waals surface area contributed by atoms with Gasteiger partial charge in [0.25, 0.3) is 11.8 Å². The summed E-state index contributed by atoms with van der Waals surface area (Å²) in [4.78, 5) is 24.8. The Morgan fingerprint density at radius 3 is 2.62 bits per heavy atom. The molecule has 1 aliphatic heterocycles. The van der Waals surface area contributed by atoms with E-state index in [-0.39, 0.29) is 17.4 Å². The lowest BCUT2D eigenvalue weighted by Crippen LogP contribution is -2.42. The molecule has 0 unspecified atom stereocenters. The van der Waals surface area contributed by atoms with Crippen LogP contribution in [-0.4, -0.2) is 34.1 Å². The normalized spacial score (nSPS) is 13.8. The minimum Gasteiger partial charge on any atom is -0.347 e. The zero-order valence-electron chi connectivity index (χ0n) is 15.4. The summed E-state index contributed by atoms with van der Waals surface area (Å²) in [6, 6.07) is 6.86. The number of fused-ring (bicyclic) bond motifs is 1. The monoisotopic (exact) mass is 355 g/mol. The van der Waals surface area contributed by atoms with E-state index in [2.05, 4.69) is 26.1 Å². The topological polar surface area (TPSA) is 98.9 Å². The van der Waals surface area contributed by atoms with Crippen molar-refractivity contribution in [3.63, 3.8) is 0 Å². The molecule has 3 rings (SSSR count). The van der Waals surface area contributed by atoms with Crippen molar-refractivity contribution in [2.45, 2.75) is 45.7 Å². The predicted molar refractivity (Wildman–Crippen MR) is 100 cm³/mol. The number of carbonyl (C=O) groups excluding carboxylic acids is 2. The summed E-state index contributed by atoms with van der Waals surface area (Å²) in [6.45, 7) is 7.52. The molecule has 1 aromatic carbocycles. The fourth-order valence-corrected chi connectivity index (χ4v) is 2.78. The van der Waals surface area contributed by atoms with Crippen LogP contribution in [0.1, 0.15) is 59.3 Å². The average Bonchev–Trinajstić information content (AvgIpc) is 3.06. The summed E-state index contributed by atoms with van der Waals surface area (Å²) in [7, 11) is 0. The van der Waals surface area contributed by atoms with Crippen LogP contribution in [0.15, 0.2) is 24.3 Å². The molecule has 0 spiro atoms. The molecular weight excluding hydrogens is 330 g/mol.